The van der Waals surface area contributed by atoms with Crippen LogP contribution in [0.2, 0.25) is 0 Å². The molecular weight excluding hydrogens is 338 g/mol. The van der Waals surface area contributed by atoms with Gasteiger partial charge < -0.3 is 9.57 Å². The minimum absolute atomic E-state index is 0.0822. The normalized spacial score (nSPS) is 23.0. The molecule has 0 amide bonds. The maximum absolute atomic E-state index is 5.90. The summed E-state index contributed by atoms with van der Waals surface area (Å²) < 4.78 is 7.89. The second-order valence-electron chi connectivity index (χ2n) is 3.67. The molecule has 0 aromatic heterocycles. The second kappa shape index (κ2) is 5.04. The fourth-order valence-electron chi connectivity index (χ4n) is 1.94. The Morgan fingerprint density at radius 3 is 2.81 bits per heavy atom. The summed E-state index contributed by atoms with van der Waals surface area (Å²) in [6.45, 7) is 2.10. The molecule has 0 fully saturated rings. The standard InChI is InChI=1S/C11H13Br2NO2/c1-3-9-10(14-15-2)7-4-6(12)5-8(13)11(7)16-9/h4-5,9-10,14H,3H2,1-2H3. The third-order valence-corrected chi connectivity index (χ3v) is 3.71. The van der Waals surface area contributed by atoms with Crippen LogP contribution in [0.5, 0.6) is 5.75 Å². The van der Waals surface area contributed by atoms with Gasteiger partial charge in [0.15, 0.2) is 0 Å². The van der Waals surface area contributed by atoms with E-state index in [0.717, 1.165) is 26.7 Å². The molecule has 16 heavy (non-hydrogen) atoms. The molecule has 0 saturated heterocycles. The summed E-state index contributed by atoms with van der Waals surface area (Å²) in [5, 5.41) is 0. The third kappa shape index (κ3) is 2.14. The monoisotopic (exact) mass is 349 g/mol. The zero-order valence-electron chi connectivity index (χ0n) is 9.09. The topological polar surface area (TPSA) is 30.5 Å². The number of fused-ring (bicyclic) bond motifs is 1. The van der Waals surface area contributed by atoms with E-state index in [2.05, 4.69) is 50.3 Å². The maximum Gasteiger partial charge on any atom is 0.139 e. The summed E-state index contributed by atoms with van der Waals surface area (Å²) >= 11 is 6.99. The van der Waals surface area contributed by atoms with Crippen LogP contribution < -0.4 is 10.2 Å². The minimum atomic E-state index is 0.0822. The molecule has 0 spiro atoms. The van der Waals surface area contributed by atoms with Crippen molar-refractivity contribution in [3.8, 4) is 5.75 Å². The largest absolute Gasteiger partial charge is 0.487 e. The summed E-state index contributed by atoms with van der Waals surface area (Å²) in [5.41, 5.74) is 4.11. The molecule has 0 saturated carbocycles. The first kappa shape index (κ1) is 12.4. The van der Waals surface area contributed by atoms with E-state index >= 15 is 0 Å². The van der Waals surface area contributed by atoms with Crippen LogP contribution in [0.1, 0.15) is 24.9 Å². The number of nitrogens with one attached hydrogen (secondary N) is 1. The van der Waals surface area contributed by atoms with Gasteiger partial charge in [0.05, 0.1) is 17.6 Å². The van der Waals surface area contributed by atoms with Gasteiger partial charge >= 0.3 is 0 Å². The van der Waals surface area contributed by atoms with E-state index in [9.17, 15) is 0 Å². The average molecular weight is 351 g/mol. The molecule has 1 N–H and O–H groups in total. The quantitative estimate of drug-likeness (QED) is 0.845. The van der Waals surface area contributed by atoms with Crippen LogP contribution in [0.25, 0.3) is 0 Å². The lowest BCUT2D eigenvalue weighted by molar-refractivity contribution is 0.0283. The van der Waals surface area contributed by atoms with E-state index in [1.807, 2.05) is 6.07 Å². The molecule has 1 aromatic rings. The molecule has 0 aliphatic carbocycles. The number of ether oxygens (including phenoxy) is 1. The molecule has 0 bridgehead atoms. The SMILES string of the molecule is CCC1Oc2c(Br)cc(Br)cc2C1NOC. The van der Waals surface area contributed by atoms with Crippen molar-refractivity contribution < 1.29 is 9.57 Å². The third-order valence-electron chi connectivity index (χ3n) is 2.66. The number of hydrogen-bond acceptors (Lipinski definition) is 3. The molecule has 3 nitrogen and oxygen atoms in total. The van der Waals surface area contributed by atoms with Gasteiger partial charge in [-0.1, -0.05) is 22.9 Å². The molecular formula is C11H13Br2NO2. The predicted octanol–water partition coefficient (Wildman–Crippen LogP) is 3.57. The lowest BCUT2D eigenvalue weighted by Crippen LogP contribution is -2.29. The van der Waals surface area contributed by atoms with Gasteiger partial charge in [0.25, 0.3) is 0 Å². The Hall–Kier alpha value is -0.100. The first-order valence-corrected chi connectivity index (χ1v) is 6.70. The van der Waals surface area contributed by atoms with Crippen LogP contribution in [0.4, 0.5) is 0 Å². The molecule has 5 heteroatoms. The van der Waals surface area contributed by atoms with Crippen molar-refractivity contribution in [2.45, 2.75) is 25.5 Å². The first-order valence-electron chi connectivity index (χ1n) is 5.11. The number of benzene rings is 1. The molecule has 1 heterocycles. The first-order chi connectivity index (χ1) is 7.67. The van der Waals surface area contributed by atoms with Crippen molar-refractivity contribution in [1.82, 2.24) is 5.48 Å². The van der Waals surface area contributed by atoms with Gasteiger partial charge in [-0.2, -0.15) is 5.48 Å². The van der Waals surface area contributed by atoms with Gasteiger partial charge in [0, 0.05) is 10.0 Å². The van der Waals surface area contributed by atoms with E-state index in [1.54, 1.807) is 7.11 Å². The molecule has 1 aromatic carbocycles. The Kier molecular flexibility index (Phi) is 3.89. The van der Waals surface area contributed by atoms with Crippen LogP contribution in [0.3, 0.4) is 0 Å². The van der Waals surface area contributed by atoms with E-state index in [-0.39, 0.29) is 12.1 Å². The lowest BCUT2D eigenvalue weighted by atomic mass is 10.0. The van der Waals surface area contributed by atoms with Gasteiger partial charge in [-0.05, 0) is 34.5 Å². The summed E-state index contributed by atoms with van der Waals surface area (Å²) in [6.07, 6.45) is 1.04. The molecule has 88 valence electrons. The van der Waals surface area contributed by atoms with Crippen LogP contribution in [0.15, 0.2) is 21.1 Å². The van der Waals surface area contributed by atoms with Crippen molar-refractivity contribution in [2.24, 2.45) is 0 Å². The number of hydroxylamine groups is 1. The van der Waals surface area contributed by atoms with E-state index in [0.29, 0.717) is 0 Å². The van der Waals surface area contributed by atoms with Crippen LogP contribution in [-0.2, 0) is 4.84 Å². The Labute approximate surface area is 112 Å². The maximum atomic E-state index is 5.90. The van der Waals surface area contributed by atoms with Gasteiger partial charge in [0.1, 0.15) is 11.9 Å². The zero-order valence-corrected chi connectivity index (χ0v) is 12.3. The van der Waals surface area contributed by atoms with Crippen molar-refractivity contribution in [2.75, 3.05) is 7.11 Å². The van der Waals surface area contributed by atoms with Gasteiger partial charge in [0.2, 0.25) is 0 Å². The molecule has 1 aliphatic heterocycles. The van der Waals surface area contributed by atoms with Crippen molar-refractivity contribution in [3.05, 3.63) is 26.6 Å². The van der Waals surface area contributed by atoms with Crippen molar-refractivity contribution >= 4 is 31.9 Å². The molecule has 2 rings (SSSR count). The van der Waals surface area contributed by atoms with Gasteiger partial charge in [-0.25, -0.2) is 0 Å². The highest BCUT2D eigenvalue weighted by Gasteiger charge is 2.34. The Morgan fingerprint density at radius 2 is 2.19 bits per heavy atom. The summed E-state index contributed by atoms with van der Waals surface area (Å²) in [6, 6.07) is 4.13. The number of rotatable bonds is 3. The average Bonchev–Trinajstić information content (AvgIpc) is 2.58. The zero-order chi connectivity index (χ0) is 11.7. The summed E-state index contributed by atoms with van der Waals surface area (Å²) in [7, 11) is 1.62. The highest BCUT2D eigenvalue weighted by atomic mass is 79.9. The van der Waals surface area contributed by atoms with E-state index in [1.165, 1.54) is 0 Å². The smallest absolute Gasteiger partial charge is 0.139 e. The number of hydrogen-bond donors (Lipinski definition) is 1. The number of halogens is 2. The second-order valence-corrected chi connectivity index (χ2v) is 5.44. The van der Waals surface area contributed by atoms with Gasteiger partial charge in [-0.3, -0.25) is 0 Å². The fraction of sp³-hybridized carbons (Fsp3) is 0.455. The highest BCUT2D eigenvalue weighted by molar-refractivity contribution is 9.11. The van der Waals surface area contributed by atoms with Crippen LogP contribution in [0, 0.1) is 0 Å². The summed E-state index contributed by atoms with van der Waals surface area (Å²) in [5.74, 6) is 0.907. The van der Waals surface area contributed by atoms with Crippen molar-refractivity contribution in [3.63, 3.8) is 0 Å². The van der Waals surface area contributed by atoms with Crippen LogP contribution >= 0.6 is 31.9 Å². The van der Waals surface area contributed by atoms with Crippen molar-refractivity contribution in [1.29, 1.82) is 0 Å². The molecule has 0 radical (unpaired) electrons. The molecule has 1 aliphatic rings. The van der Waals surface area contributed by atoms with E-state index in [4.69, 9.17) is 9.57 Å². The van der Waals surface area contributed by atoms with Gasteiger partial charge in [-0.15, -0.1) is 0 Å². The Balaban J connectivity index is 2.41. The lowest BCUT2D eigenvalue weighted by Gasteiger charge is -2.17. The molecule has 2 atom stereocenters. The Bertz CT molecular complexity index is 398. The molecule has 2 unspecified atom stereocenters. The fourth-order valence-corrected chi connectivity index (χ4v) is 3.29. The predicted molar refractivity (Wildman–Crippen MR) is 69.4 cm³/mol. The highest BCUT2D eigenvalue weighted by Crippen LogP contribution is 2.44. The van der Waals surface area contributed by atoms with E-state index < -0.39 is 0 Å². The Morgan fingerprint density at radius 1 is 1.44 bits per heavy atom. The minimum Gasteiger partial charge on any atom is -0.487 e. The summed E-state index contributed by atoms with van der Waals surface area (Å²) in [4.78, 5) is 5.03. The van der Waals surface area contributed by atoms with Crippen LogP contribution in [-0.4, -0.2) is 13.2 Å².